The lowest BCUT2D eigenvalue weighted by atomic mass is 9.73. The van der Waals surface area contributed by atoms with Gasteiger partial charge in [0.1, 0.15) is 12.1 Å². The number of nitrogens with one attached hydrogen (secondary N) is 2. The van der Waals surface area contributed by atoms with E-state index in [9.17, 15) is 14.4 Å². The van der Waals surface area contributed by atoms with Crippen molar-refractivity contribution in [2.75, 3.05) is 11.9 Å². The third-order valence-electron chi connectivity index (χ3n) is 6.33. The van der Waals surface area contributed by atoms with E-state index in [4.69, 9.17) is 0 Å². The standard InChI is InChI=1S/C24H27N3O3/c1-17-9-7-8-14-24(17)22(29)27(23(30)26-24)16-21(28)25-20-13-6-5-12-19(20)15-18-10-3-2-4-11-18/h2-6,10-13,17H,7-9,14-16H2,1H3,(H,25,28)(H,26,30)/t17-,24+/m1/s1. The largest absolute Gasteiger partial charge is 0.325 e. The molecular formula is C24H27N3O3. The molecule has 2 fully saturated rings. The minimum Gasteiger partial charge on any atom is -0.324 e. The first-order chi connectivity index (χ1) is 14.5. The molecule has 1 aliphatic heterocycles. The van der Waals surface area contributed by atoms with Gasteiger partial charge >= 0.3 is 6.03 Å². The highest BCUT2D eigenvalue weighted by molar-refractivity contribution is 6.10. The lowest BCUT2D eigenvalue weighted by Gasteiger charge is -2.36. The fourth-order valence-corrected chi connectivity index (χ4v) is 4.58. The van der Waals surface area contributed by atoms with Gasteiger partial charge in [-0.15, -0.1) is 0 Å². The van der Waals surface area contributed by atoms with Gasteiger partial charge in [0.05, 0.1) is 0 Å². The van der Waals surface area contributed by atoms with E-state index in [1.807, 2.05) is 61.5 Å². The number of hydrogen-bond acceptors (Lipinski definition) is 3. The van der Waals surface area contributed by atoms with Crippen LogP contribution in [0.4, 0.5) is 10.5 Å². The van der Waals surface area contributed by atoms with Crippen LogP contribution in [0.3, 0.4) is 0 Å². The topological polar surface area (TPSA) is 78.5 Å². The summed E-state index contributed by atoms with van der Waals surface area (Å²) in [5.41, 5.74) is 1.97. The summed E-state index contributed by atoms with van der Waals surface area (Å²) in [7, 11) is 0. The molecule has 6 nitrogen and oxygen atoms in total. The fourth-order valence-electron chi connectivity index (χ4n) is 4.58. The number of carbonyl (C=O) groups is 3. The van der Waals surface area contributed by atoms with Crippen LogP contribution in [0.1, 0.15) is 43.7 Å². The molecule has 2 atom stereocenters. The van der Waals surface area contributed by atoms with Crippen molar-refractivity contribution in [3.05, 3.63) is 65.7 Å². The van der Waals surface area contributed by atoms with Crippen LogP contribution in [-0.2, 0) is 16.0 Å². The number of carbonyl (C=O) groups excluding carboxylic acids is 3. The molecule has 1 saturated heterocycles. The third kappa shape index (κ3) is 3.82. The first-order valence-electron chi connectivity index (χ1n) is 10.6. The summed E-state index contributed by atoms with van der Waals surface area (Å²) in [6, 6.07) is 17.1. The predicted octanol–water partition coefficient (Wildman–Crippen LogP) is 3.72. The Bertz CT molecular complexity index is 959. The van der Waals surface area contributed by atoms with Gasteiger partial charge < -0.3 is 10.6 Å². The Morgan fingerprint density at radius 1 is 1.10 bits per heavy atom. The summed E-state index contributed by atoms with van der Waals surface area (Å²) in [6.07, 6.45) is 4.19. The van der Waals surface area contributed by atoms with Crippen LogP contribution in [0.25, 0.3) is 0 Å². The van der Waals surface area contributed by atoms with E-state index in [0.29, 0.717) is 18.5 Å². The van der Waals surface area contributed by atoms with Crippen molar-refractivity contribution in [2.45, 2.75) is 44.6 Å². The van der Waals surface area contributed by atoms with E-state index < -0.39 is 11.6 Å². The van der Waals surface area contributed by atoms with Gasteiger partial charge in [-0.3, -0.25) is 14.5 Å². The summed E-state index contributed by atoms with van der Waals surface area (Å²) >= 11 is 0. The van der Waals surface area contributed by atoms with Crippen LogP contribution in [0.5, 0.6) is 0 Å². The van der Waals surface area contributed by atoms with Crippen LogP contribution < -0.4 is 10.6 Å². The van der Waals surface area contributed by atoms with Gasteiger partial charge in [0.2, 0.25) is 5.91 Å². The molecule has 1 spiro atoms. The predicted molar refractivity (Wildman–Crippen MR) is 115 cm³/mol. The average molecular weight is 405 g/mol. The lowest BCUT2D eigenvalue weighted by molar-refractivity contribution is -0.136. The summed E-state index contributed by atoms with van der Waals surface area (Å²) in [5.74, 6) is -0.575. The molecule has 0 unspecified atom stereocenters. The summed E-state index contributed by atoms with van der Waals surface area (Å²) in [6.45, 7) is 1.72. The normalized spacial score (nSPS) is 23.5. The van der Waals surface area contributed by atoms with Crippen LogP contribution in [-0.4, -0.2) is 34.8 Å². The van der Waals surface area contributed by atoms with Gasteiger partial charge in [0, 0.05) is 5.69 Å². The molecule has 156 valence electrons. The Kier molecular flexibility index (Phi) is 5.57. The molecule has 30 heavy (non-hydrogen) atoms. The van der Waals surface area contributed by atoms with E-state index in [0.717, 1.165) is 35.3 Å². The zero-order chi connectivity index (χ0) is 21.1. The molecule has 0 aromatic heterocycles. The minimum atomic E-state index is -0.846. The molecule has 2 aromatic rings. The molecule has 6 heteroatoms. The monoisotopic (exact) mass is 405 g/mol. The van der Waals surface area contributed by atoms with Gasteiger partial charge in [0.25, 0.3) is 5.91 Å². The molecule has 1 saturated carbocycles. The molecule has 2 N–H and O–H groups in total. The maximum atomic E-state index is 13.1. The second-order valence-corrected chi connectivity index (χ2v) is 8.31. The Balaban J connectivity index is 1.45. The zero-order valence-electron chi connectivity index (χ0n) is 17.2. The van der Waals surface area contributed by atoms with E-state index in [1.54, 1.807) is 0 Å². The Morgan fingerprint density at radius 2 is 1.83 bits per heavy atom. The van der Waals surface area contributed by atoms with Crippen molar-refractivity contribution in [3.8, 4) is 0 Å². The second-order valence-electron chi connectivity index (χ2n) is 8.31. The summed E-state index contributed by atoms with van der Waals surface area (Å²) in [5, 5.41) is 5.78. The summed E-state index contributed by atoms with van der Waals surface area (Å²) in [4.78, 5) is 39.4. The number of imide groups is 1. The van der Waals surface area contributed by atoms with Gasteiger partial charge in [-0.05, 0) is 42.4 Å². The maximum Gasteiger partial charge on any atom is 0.325 e. The highest BCUT2D eigenvalue weighted by Gasteiger charge is 2.55. The average Bonchev–Trinajstić information content (AvgIpc) is 2.97. The van der Waals surface area contributed by atoms with Crippen molar-refractivity contribution in [1.29, 1.82) is 0 Å². The van der Waals surface area contributed by atoms with Crippen molar-refractivity contribution in [2.24, 2.45) is 5.92 Å². The molecule has 2 aliphatic rings. The van der Waals surface area contributed by atoms with Crippen LogP contribution >= 0.6 is 0 Å². The highest BCUT2D eigenvalue weighted by atomic mass is 16.2. The SMILES string of the molecule is C[C@@H]1CCCC[C@]12NC(=O)N(CC(=O)Nc1ccccc1Cc1ccccc1)C2=O. The fraction of sp³-hybridized carbons (Fsp3) is 0.375. The number of urea groups is 1. The number of amides is 4. The number of anilines is 1. The molecule has 2 aromatic carbocycles. The molecular weight excluding hydrogens is 378 g/mol. The smallest absolute Gasteiger partial charge is 0.324 e. The number of para-hydroxylation sites is 1. The van der Waals surface area contributed by atoms with Crippen LogP contribution in [0, 0.1) is 5.92 Å². The van der Waals surface area contributed by atoms with Gasteiger partial charge in [-0.2, -0.15) is 0 Å². The Hall–Kier alpha value is -3.15. The third-order valence-corrected chi connectivity index (χ3v) is 6.33. The van der Waals surface area contributed by atoms with Crippen molar-refractivity contribution < 1.29 is 14.4 Å². The molecule has 1 aliphatic carbocycles. The van der Waals surface area contributed by atoms with E-state index >= 15 is 0 Å². The van der Waals surface area contributed by atoms with Crippen molar-refractivity contribution in [3.63, 3.8) is 0 Å². The number of nitrogens with zero attached hydrogens (tertiary/aromatic N) is 1. The van der Waals surface area contributed by atoms with Gasteiger partial charge in [0.15, 0.2) is 0 Å². The van der Waals surface area contributed by atoms with E-state index in [1.165, 1.54) is 0 Å². The molecule has 4 amide bonds. The Morgan fingerprint density at radius 3 is 2.60 bits per heavy atom. The van der Waals surface area contributed by atoms with Crippen LogP contribution in [0.2, 0.25) is 0 Å². The van der Waals surface area contributed by atoms with Gasteiger partial charge in [-0.25, -0.2) is 4.79 Å². The first-order valence-corrected chi connectivity index (χ1v) is 10.6. The van der Waals surface area contributed by atoms with Crippen LogP contribution in [0.15, 0.2) is 54.6 Å². The van der Waals surface area contributed by atoms with Gasteiger partial charge in [-0.1, -0.05) is 68.3 Å². The summed E-state index contributed by atoms with van der Waals surface area (Å²) < 4.78 is 0. The zero-order valence-corrected chi connectivity index (χ0v) is 17.2. The number of benzene rings is 2. The molecule has 0 radical (unpaired) electrons. The lowest BCUT2D eigenvalue weighted by Crippen LogP contribution is -2.54. The van der Waals surface area contributed by atoms with Crippen molar-refractivity contribution in [1.82, 2.24) is 10.2 Å². The van der Waals surface area contributed by atoms with Crippen molar-refractivity contribution >= 4 is 23.5 Å². The molecule has 0 bridgehead atoms. The molecule has 1 heterocycles. The maximum absolute atomic E-state index is 13.1. The minimum absolute atomic E-state index is 0.0716. The Labute approximate surface area is 176 Å². The molecule has 4 rings (SSSR count). The van der Waals surface area contributed by atoms with E-state index in [-0.39, 0.29) is 24.3 Å². The number of rotatable bonds is 5. The number of hydrogen-bond donors (Lipinski definition) is 2. The highest BCUT2D eigenvalue weighted by Crippen LogP contribution is 2.38. The second kappa shape index (κ2) is 8.30. The quantitative estimate of drug-likeness (QED) is 0.744. The van der Waals surface area contributed by atoms with E-state index in [2.05, 4.69) is 10.6 Å². The first kappa shape index (κ1) is 20.1.